The fraction of sp³-hybridized carbons (Fsp3) is 0.273. The van der Waals surface area contributed by atoms with Crippen LogP contribution in [0.25, 0.3) is 0 Å². The monoisotopic (exact) mass is 398 g/mol. The Morgan fingerprint density at radius 2 is 2.17 bits per heavy atom. The molecular weight excluding hydrogens is 387 g/mol. The van der Waals surface area contributed by atoms with Gasteiger partial charge in [0.05, 0.1) is 10.7 Å². The summed E-state index contributed by atoms with van der Waals surface area (Å²) in [5.74, 6) is -0.408. The van der Waals surface area contributed by atoms with Gasteiger partial charge in [-0.25, -0.2) is 0 Å². The predicted octanol–water partition coefficient (Wildman–Crippen LogP) is 2.32. The second-order valence-electron chi connectivity index (χ2n) is 3.55. The molecule has 0 aliphatic rings. The molecule has 0 fully saturated rings. The van der Waals surface area contributed by atoms with E-state index in [-0.39, 0.29) is 17.6 Å². The molecule has 1 aromatic carbocycles. The molecule has 1 unspecified atom stereocenters. The fourth-order valence-electron chi connectivity index (χ4n) is 1.25. The molecule has 0 aliphatic carbocycles. The van der Waals surface area contributed by atoms with E-state index in [1.54, 1.807) is 12.1 Å². The van der Waals surface area contributed by atoms with E-state index in [9.17, 15) is 9.59 Å². The summed E-state index contributed by atoms with van der Waals surface area (Å²) >= 11 is 12.1. The van der Waals surface area contributed by atoms with Crippen LogP contribution in [-0.4, -0.2) is 23.6 Å². The van der Waals surface area contributed by atoms with Gasteiger partial charge in [-0.2, -0.15) is 12.6 Å². The smallest absolute Gasteiger partial charge is 0.247 e. The number of halogens is 2. The SMILES string of the molecule is CC(=O)NC(CS)C(=O)Nc1cc(I)ccc1Cl. The standard InChI is InChI=1S/C11H12ClIN2O2S/c1-6(16)14-10(5-18)11(17)15-9-4-7(13)2-3-8(9)12/h2-4,10,18H,5H2,1H3,(H,14,16)(H,15,17). The van der Waals surface area contributed by atoms with Crippen LogP contribution in [0.5, 0.6) is 0 Å². The van der Waals surface area contributed by atoms with Crippen molar-refractivity contribution in [3.63, 3.8) is 0 Å². The van der Waals surface area contributed by atoms with Crippen molar-refractivity contribution in [3.8, 4) is 0 Å². The third-order valence-electron chi connectivity index (χ3n) is 2.06. The van der Waals surface area contributed by atoms with Crippen LogP contribution in [-0.2, 0) is 9.59 Å². The molecule has 1 rings (SSSR count). The molecule has 0 aliphatic heterocycles. The van der Waals surface area contributed by atoms with Crippen molar-refractivity contribution >= 4 is 64.3 Å². The molecule has 0 aromatic heterocycles. The van der Waals surface area contributed by atoms with E-state index >= 15 is 0 Å². The molecule has 4 nitrogen and oxygen atoms in total. The van der Waals surface area contributed by atoms with Gasteiger partial charge in [0.25, 0.3) is 0 Å². The molecule has 0 saturated heterocycles. The Labute approximate surface area is 129 Å². The Morgan fingerprint density at radius 1 is 1.50 bits per heavy atom. The summed E-state index contributed by atoms with van der Waals surface area (Å²) in [6.07, 6.45) is 0. The number of nitrogens with one attached hydrogen (secondary N) is 2. The molecule has 1 aromatic rings. The first-order valence-electron chi connectivity index (χ1n) is 5.08. The van der Waals surface area contributed by atoms with Crippen molar-refractivity contribution in [2.45, 2.75) is 13.0 Å². The zero-order chi connectivity index (χ0) is 13.7. The van der Waals surface area contributed by atoms with E-state index < -0.39 is 6.04 Å². The van der Waals surface area contributed by atoms with Crippen LogP contribution in [0.1, 0.15) is 6.92 Å². The minimum absolute atomic E-state index is 0.215. The Balaban J connectivity index is 2.79. The van der Waals surface area contributed by atoms with Gasteiger partial charge in [0.15, 0.2) is 0 Å². The van der Waals surface area contributed by atoms with Crippen LogP contribution in [0, 0.1) is 3.57 Å². The predicted molar refractivity (Wildman–Crippen MR) is 84.3 cm³/mol. The lowest BCUT2D eigenvalue weighted by Gasteiger charge is -2.16. The topological polar surface area (TPSA) is 58.2 Å². The van der Waals surface area contributed by atoms with Crippen LogP contribution in [0.2, 0.25) is 5.02 Å². The minimum Gasteiger partial charge on any atom is -0.344 e. The van der Waals surface area contributed by atoms with Crippen molar-refractivity contribution in [1.82, 2.24) is 5.32 Å². The second kappa shape index (κ2) is 7.20. The first kappa shape index (κ1) is 15.6. The van der Waals surface area contributed by atoms with Gasteiger partial charge >= 0.3 is 0 Å². The molecule has 0 saturated carbocycles. The number of thiol groups is 1. The molecule has 0 heterocycles. The minimum atomic E-state index is -0.681. The number of carbonyl (C=O) groups excluding carboxylic acids is 2. The highest BCUT2D eigenvalue weighted by molar-refractivity contribution is 14.1. The third kappa shape index (κ3) is 4.66. The van der Waals surface area contributed by atoms with Crippen LogP contribution in [0.3, 0.4) is 0 Å². The van der Waals surface area contributed by atoms with Crippen LogP contribution in [0.15, 0.2) is 18.2 Å². The number of hydrogen-bond donors (Lipinski definition) is 3. The average Bonchev–Trinajstić information content (AvgIpc) is 2.30. The Kier molecular flexibility index (Phi) is 6.24. The van der Waals surface area contributed by atoms with E-state index in [4.69, 9.17) is 11.6 Å². The van der Waals surface area contributed by atoms with Crippen molar-refractivity contribution in [1.29, 1.82) is 0 Å². The summed E-state index contributed by atoms with van der Waals surface area (Å²) in [6.45, 7) is 1.35. The lowest BCUT2D eigenvalue weighted by atomic mass is 10.2. The molecular formula is C11H12ClIN2O2S. The summed E-state index contributed by atoms with van der Waals surface area (Å²) < 4.78 is 0.953. The van der Waals surface area contributed by atoms with Gasteiger partial charge in [-0.15, -0.1) is 0 Å². The molecule has 7 heteroatoms. The van der Waals surface area contributed by atoms with Crippen LogP contribution >= 0.6 is 46.8 Å². The largest absolute Gasteiger partial charge is 0.344 e. The third-order valence-corrected chi connectivity index (χ3v) is 3.43. The highest BCUT2D eigenvalue weighted by Crippen LogP contribution is 2.23. The lowest BCUT2D eigenvalue weighted by Crippen LogP contribution is -2.44. The Hall–Kier alpha value is -0.470. The van der Waals surface area contributed by atoms with Gasteiger partial charge in [0, 0.05) is 16.2 Å². The first-order chi connectivity index (χ1) is 8.43. The fourth-order valence-corrected chi connectivity index (χ4v) is 2.17. The number of rotatable bonds is 4. The van der Waals surface area contributed by atoms with Crippen molar-refractivity contribution in [2.75, 3.05) is 11.1 Å². The highest BCUT2D eigenvalue weighted by Gasteiger charge is 2.18. The number of anilines is 1. The van der Waals surface area contributed by atoms with Crippen molar-refractivity contribution < 1.29 is 9.59 Å². The van der Waals surface area contributed by atoms with E-state index in [2.05, 4.69) is 45.9 Å². The summed E-state index contributed by atoms with van der Waals surface area (Å²) in [4.78, 5) is 22.8. The van der Waals surface area contributed by atoms with Crippen LogP contribution < -0.4 is 10.6 Å². The number of hydrogen-bond acceptors (Lipinski definition) is 3. The van der Waals surface area contributed by atoms with Gasteiger partial charge in [0.2, 0.25) is 11.8 Å². The average molecular weight is 399 g/mol. The molecule has 2 N–H and O–H groups in total. The maximum absolute atomic E-state index is 11.9. The van der Waals surface area contributed by atoms with Crippen molar-refractivity contribution in [3.05, 3.63) is 26.8 Å². The van der Waals surface area contributed by atoms with Gasteiger partial charge in [-0.1, -0.05) is 11.6 Å². The summed E-state index contributed by atoms with van der Waals surface area (Å²) in [6, 6.07) is 4.61. The maximum atomic E-state index is 11.9. The van der Waals surface area contributed by atoms with Gasteiger partial charge in [-0.3, -0.25) is 9.59 Å². The van der Waals surface area contributed by atoms with Gasteiger partial charge in [-0.05, 0) is 40.8 Å². The zero-order valence-corrected chi connectivity index (χ0v) is 13.3. The zero-order valence-electron chi connectivity index (χ0n) is 9.54. The number of benzene rings is 1. The molecule has 2 amide bonds. The van der Waals surface area contributed by atoms with Gasteiger partial charge in [0.1, 0.15) is 6.04 Å². The van der Waals surface area contributed by atoms with E-state index in [0.29, 0.717) is 10.7 Å². The Morgan fingerprint density at radius 3 is 2.72 bits per heavy atom. The quantitative estimate of drug-likeness (QED) is 0.538. The summed E-state index contributed by atoms with van der Waals surface area (Å²) in [5, 5.41) is 5.63. The number of amides is 2. The van der Waals surface area contributed by atoms with E-state index in [0.717, 1.165) is 3.57 Å². The molecule has 0 spiro atoms. The van der Waals surface area contributed by atoms with E-state index in [1.807, 2.05) is 6.07 Å². The normalized spacial score (nSPS) is 11.8. The molecule has 1 atom stereocenters. The molecule has 18 heavy (non-hydrogen) atoms. The molecule has 98 valence electrons. The second-order valence-corrected chi connectivity index (χ2v) is 5.57. The van der Waals surface area contributed by atoms with Crippen LogP contribution in [0.4, 0.5) is 5.69 Å². The molecule has 0 bridgehead atoms. The first-order valence-corrected chi connectivity index (χ1v) is 7.17. The van der Waals surface area contributed by atoms with Gasteiger partial charge < -0.3 is 10.6 Å². The Bertz CT molecular complexity index is 470. The molecule has 0 radical (unpaired) electrons. The summed E-state index contributed by atoms with van der Waals surface area (Å²) in [7, 11) is 0. The van der Waals surface area contributed by atoms with E-state index in [1.165, 1.54) is 6.92 Å². The van der Waals surface area contributed by atoms with Crippen molar-refractivity contribution in [2.24, 2.45) is 0 Å². The summed E-state index contributed by atoms with van der Waals surface area (Å²) in [5.41, 5.74) is 0.519. The number of carbonyl (C=O) groups is 2. The maximum Gasteiger partial charge on any atom is 0.247 e. The highest BCUT2D eigenvalue weighted by atomic mass is 127. The lowest BCUT2D eigenvalue weighted by molar-refractivity contribution is -0.124.